The van der Waals surface area contributed by atoms with E-state index in [1.165, 1.54) is 6.42 Å². The molecular formula is C15H24Cl2N4. The van der Waals surface area contributed by atoms with Crippen LogP contribution < -0.4 is 11.3 Å². The van der Waals surface area contributed by atoms with Gasteiger partial charge in [-0.1, -0.05) is 29.3 Å². The van der Waals surface area contributed by atoms with Crippen LogP contribution in [0.5, 0.6) is 0 Å². The van der Waals surface area contributed by atoms with Crippen LogP contribution in [0.1, 0.15) is 12.0 Å². The summed E-state index contributed by atoms with van der Waals surface area (Å²) < 4.78 is 0. The second-order valence-electron chi connectivity index (χ2n) is 5.88. The topological polar surface area (TPSA) is 44.5 Å². The molecule has 0 spiro atoms. The molecule has 2 rings (SSSR count). The van der Waals surface area contributed by atoms with Gasteiger partial charge >= 0.3 is 0 Å². The molecule has 2 atom stereocenters. The number of benzene rings is 1. The summed E-state index contributed by atoms with van der Waals surface area (Å²) in [4.78, 5) is 4.75. The summed E-state index contributed by atoms with van der Waals surface area (Å²) in [6.45, 7) is 3.21. The van der Waals surface area contributed by atoms with Crippen LogP contribution in [0.3, 0.4) is 0 Å². The Morgan fingerprint density at radius 1 is 1.33 bits per heavy atom. The van der Waals surface area contributed by atoms with Crippen LogP contribution in [0.2, 0.25) is 10.0 Å². The van der Waals surface area contributed by atoms with Crippen molar-refractivity contribution in [3.8, 4) is 0 Å². The van der Waals surface area contributed by atoms with E-state index in [1.807, 2.05) is 12.1 Å². The van der Waals surface area contributed by atoms with E-state index in [0.29, 0.717) is 16.1 Å². The normalized spacial score (nSPS) is 23.0. The summed E-state index contributed by atoms with van der Waals surface area (Å²) in [5.41, 5.74) is 4.05. The highest BCUT2D eigenvalue weighted by Crippen LogP contribution is 2.23. The molecule has 2 unspecified atom stereocenters. The minimum atomic E-state index is 0.147. The summed E-state index contributed by atoms with van der Waals surface area (Å²) >= 11 is 12.2. The molecular weight excluding hydrogens is 307 g/mol. The van der Waals surface area contributed by atoms with Gasteiger partial charge in [0.05, 0.1) is 0 Å². The Balaban J connectivity index is 2.14. The number of hydrogen-bond donors (Lipinski definition) is 2. The van der Waals surface area contributed by atoms with E-state index in [1.54, 1.807) is 6.07 Å². The molecule has 1 saturated heterocycles. The molecule has 4 nitrogen and oxygen atoms in total. The predicted molar refractivity (Wildman–Crippen MR) is 89.8 cm³/mol. The van der Waals surface area contributed by atoms with Crippen LogP contribution in [-0.4, -0.2) is 55.6 Å². The second-order valence-corrected chi connectivity index (χ2v) is 6.72. The highest BCUT2D eigenvalue weighted by Gasteiger charge is 2.28. The number of hydrogen-bond acceptors (Lipinski definition) is 4. The van der Waals surface area contributed by atoms with Crippen molar-refractivity contribution in [2.75, 3.05) is 33.7 Å². The quantitative estimate of drug-likeness (QED) is 0.654. The van der Waals surface area contributed by atoms with Crippen LogP contribution in [0, 0.1) is 0 Å². The summed E-state index contributed by atoms with van der Waals surface area (Å²) in [5.74, 6) is 5.83. The zero-order chi connectivity index (χ0) is 15.4. The minimum absolute atomic E-state index is 0.147. The first-order chi connectivity index (χ1) is 10.0. The number of nitrogens with one attached hydrogen (secondary N) is 1. The molecule has 118 valence electrons. The van der Waals surface area contributed by atoms with Gasteiger partial charge in [-0.15, -0.1) is 0 Å². The Kier molecular flexibility index (Phi) is 6.29. The van der Waals surface area contributed by atoms with Crippen LogP contribution in [0.15, 0.2) is 18.2 Å². The second kappa shape index (κ2) is 7.77. The summed E-state index contributed by atoms with van der Waals surface area (Å²) in [6, 6.07) is 6.15. The van der Waals surface area contributed by atoms with E-state index >= 15 is 0 Å². The molecule has 0 radical (unpaired) electrons. The number of rotatable bonds is 4. The van der Waals surface area contributed by atoms with Crippen molar-refractivity contribution in [2.24, 2.45) is 5.84 Å². The van der Waals surface area contributed by atoms with E-state index in [2.05, 4.69) is 29.3 Å². The lowest BCUT2D eigenvalue weighted by Gasteiger charge is -2.34. The lowest BCUT2D eigenvalue weighted by molar-refractivity contribution is 0.177. The van der Waals surface area contributed by atoms with Gasteiger partial charge in [0.1, 0.15) is 0 Å². The van der Waals surface area contributed by atoms with Crippen molar-refractivity contribution in [3.63, 3.8) is 0 Å². The molecule has 1 fully saturated rings. The summed E-state index contributed by atoms with van der Waals surface area (Å²) in [5, 5.41) is 1.36. The molecule has 0 aromatic heterocycles. The van der Waals surface area contributed by atoms with E-state index in [-0.39, 0.29) is 6.04 Å². The number of nitrogens with zero attached hydrogens (tertiary/aromatic N) is 2. The van der Waals surface area contributed by atoms with E-state index in [0.717, 1.165) is 31.6 Å². The fraction of sp³-hybridized carbons (Fsp3) is 0.600. The van der Waals surface area contributed by atoms with Crippen molar-refractivity contribution in [1.29, 1.82) is 0 Å². The van der Waals surface area contributed by atoms with E-state index in [9.17, 15) is 0 Å². The Morgan fingerprint density at radius 2 is 2.10 bits per heavy atom. The maximum atomic E-state index is 6.29. The first-order valence-electron chi connectivity index (χ1n) is 7.30. The molecule has 0 saturated carbocycles. The molecule has 0 bridgehead atoms. The molecule has 1 aromatic carbocycles. The largest absolute Gasteiger partial charge is 0.305 e. The number of nitrogens with two attached hydrogens (primary N) is 1. The van der Waals surface area contributed by atoms with Gasteiger partial charge in [0.15, 0.2) is 0 Å². The van der Waals surface area contributed by atoms with Crippen LogP contribution >= 0.6 is 23.2 Å². The first kappa shape index (κ1) is 17.0. The zero-order valence-electron chi connectivity index (χ0n) is 12.6. The monoisotopic (exact) mass is 330 g/mol. The highest BCUT2D eigenvalue weighted by molar-refractivity contribution is 6.35. The molecule has 1 heterocycles. The van der Waals surface area contributed by atoms with E-state index in [4.69, 9.17) is 29.0 Å². The molecule has 0 amide bonds. The average Bonchev–Trinajstić information content (AvgIpc) is 2.60. The first-order valence-corrected chi connectivity index (χ1v) is 8.05. The van der Waals surface area contributed by atoms with Crippen LogP contribution in [0.4, 0.5) is 0 Å². The lowest BCUT2D eigenvalue weighted by Crippen LogP contribution is -2.55. The third kappa shape index (κ3) is 4.55. The molecule has 1 aliphatic heterocycles. The Morgan fingerprint density at radius 3 is 2.76 bits per heavy atom. The molecule has 6 heteroatoms. The molecule has 1 aliphatic rings. The molecule has 1 aromatic rings. The number of halogens is 2. The van der Waals surface area contributed by atoms with Gasteiger partial charge in [-0.05, 0) is 57.7 Å². The molecule has 0 aliphatic carbocycles. The van der Waals surface area contributed by atoms with Gasteiger partial charge in [-0.2, -0.15) is 0 Å². The Labute approximate surface area is 137 Å². The van der Waals surface area contributed by atoms with Crippen molar-refractivity contribution >= 4 is 23.2 Å². The lowest BCUT2D eigenvalue weighted by atomic mass is 9.98. The minimum Gasteiger partial charge on any atom is -0.305 e. The SMILES string of the molecule is CN1CCCN(C)C(C(Cc2ccc(Cl)cc2Cl)NN)C1. The van der Waals surface area contributed by atoms with Gasteiger partial charge < -0.3 is 9.80 Å². The van der Waals surface area contributed by atoms with Gasteiger partial charge in [0.2, 0.25) is 0 Å². The van der Waals surface area contributed by atoms with Gasteiger partial charge in [0, 0.05) is 28.7 Å². The van der Waals surface area contributed by atoms with Crippen molar-refractivity contribution in [2.45, 2.75) is 24.9 Å². The average molecular weight is 331 g/mol. The zero-order valence-corrected chi connectivity index (χ0v) is 14.2. The molecule has 21 heavy (non-hydrogen) atoms. The van der Waals surface area contributed by atoms with Crippen LogP contribution in [-0.2, 0) is 6.42 Å². The van der Waals surface area contributed by atoms with E-state index < -0.39 is 0 Å². The van der Waals surface area contributed by atoms with Gasteiger partial charge in [-0.3, -0.25) is 11.3 Å². The maximum absolute atomic E-state index is 6.29. The standard InChI is InChI=1S/C15H24Cl2N4/c1-20-6-3-7-21(2)15(10-20)14(19-18)8-11-4-5-12(16)9-13(11)17/h4-5,9,14-15,19H,3,6-8,10,18H2,1-2H3. The van der Waals surface area contributed by atoms with Gasteiger partial charge in [-0.25, -0.2) is 0 Å². The predicted octanol–water partition coefficient (Wildman–Crippen LogP) is 2.00. The summed E-state index contributed by atoms with van der Waals surface area (Å²) in [7, 11) is 4.33. The third-order valence-corrected chi connectivity index (χ3v) is 4.84. The van der Waals surface area contributed by atoms with Crippen molar-refractivity contribution in [3.05, 3.63) is 33.8 Å². The van der Waals surface area contributed by atoms with Crippen molar-refractivity contribution < 1.29 is 0 Å². The van der Waals surface area contributed by atoms with Gasteiger partial charge in [0.25, 0.3) is 0 Å². The third-order valence-electron chi connectivity index (χ3n) is 4.25. The van der Waals surface area contributed by atoms with Crippen molar-refractivity contribution in [1.82, 2.24) is 15.2 Å². The highest BCUT2D eigenvalue weighted by atomic mass is 35.5. The Bertz CT molecular complexity index is 469. The maximum Gasteiger partial charge on any atom is 0.0453 e. The number of hydrazine groups is 1. The molecule has 3 N–H and O–H groups in total. The summed E-state index contributed by atoms with van der Waals surface area (Å²) in [6.07, 6.45) is 1.97. The fourth-order valence-electron chi connectivity index (χ4n) is 2.97. The Hall–Kier alpha value is -0.360. The van der Waals surface area contributed by atoms with Crippen LogP contribution in [0.25, 0.3) is 0 Å². The smallest absolute Gasteiger partial charge is 0.0453 e. The fourth-order valence-corrected chi connectivity index (χ4v) is 3.46. The number of likely N-dealkylation sites (N-methyl/N-ethyl adjacent to an activating group) is 2.